The van der Waals surface area contributed by atoms with Crippen LogP contribution in [-0.4, -0.2) is 23.6 Å². The van der Waals surface area contributed by atoms with Crippen molar-refractivity contribution in [3.63, 3.8) is 0 Å². The van der Waals surface area contributed by atoms with E-state index in [1.165, 1.54) is 0 Å². The van der Waals surface area contributed by atoms with E-state index in [1.807, 2.05) is 43.3 Å². The number of aryl methyl sites for hydroxylation is 1. The minimum Gasteiger partial charge on any atom is -0.465 e. The molecule has 2 rings (SSSR count). The molecule has 0 aliphatic rings. The summed E-state index contributed by atoms with van der Waals surface area (Å²) in [6, 6.07) is 15.1. The van der Waals surface area contributed by atoms with Crippen molar-refractivity contribution < 1.29 is 14.3 Å². The van der Waals surface area contributed by atoms with Crippen molar-refractivity contribution in [1.82, 2.24) is 5.32 Å². The molecule has 0 heterocycles. The standard InChI is InChI=1S/C20H21ClN2O3S/c1-14-7-8-16(21)13-17(14)22-20(27)23-18(24)9-10-19(25)26-12-11-15-5-3-2-4-6-15/h2-8,13H,9-12H2,1H3,(H2,22,23,24,27). The summed E-state index contributed by atoms with van der Waals surface area (Å²) >= 11 is 11.1. The Morgan fingerprint density at radius 3 is 2.59 bits per heavy atom. The van der Waals surface area contributed by atoms with Crippen LogP contribution in [0.3, 0.4) is 0 Å². The van der Waals surface area contributed by atoms with Crippen molar-refractivity contribution >= 4 is 46.5 Å². The van der Waals surface area contributed by atoms with Gasteiger partial charge in [0.1, 0.15) is 0 Å². The number of nitrogens with one attached hydrogen (secondary N) is 2. The molecule has 7 heteroatoms. The van der Waals surface area contributed by atoms with Crippen LogP contribution in [0.1, 0.15) is 24.0 Å². The van der Waals surface area contributed by atoms with Gasteiger partial charge in [0.15, 0.2) is 5.11 Å². The molecule has 2 aromatic rings. The van der Waals surface area contributed by atoms with Gasteiger partial charge in [-0.05, 0) is 42.4 Å². The number of halogens is 1. The summed E-state index contributed by atoms with van der Waals surface area (Å²) in [5.41, 5.74) is 2.75. The number of amides is 1. The van der Waals surface area contributed by atoms with E-state index in [0.717, 1.165) is 11.1 Å². The molecule has 27 heavy (non-hydrogen) atoms. The Kier molecular flexibility index (Phi) is 8.23. The summed E-state index contributed by atoms with van der Waals surface area (Å²) in [6.07, 6.45) is 0.645. The SMILES string of the molecule is Cc1ccc(Cl)cc1NC(=S)NC(=O)CCC(=O)OCCc1ccccc1. The van der Waals surface area contributed by atoms with Crippen LogP contribution < -0.4 is 10.6 Å². The second-order valence-electron chi connectivity index (χ2n) is 5.92. The van der Waals surface area contributed by atoms with Crippen molar-refractivity contribution in [2.45, 2.75) is 26.2 Å². The van der Waals surface area contributed by atoms with Crippen LogP contribution in [0.5, 0.6) is 0 Å². The fourth-order valence-corrected chi connectivity index (χ4v) is 2.68. The summed E-state index contributed by atoms with van der Waals surface area (Å²) in [5, 5.41) is 6.18. The van der Waals surface area contributed by atoms with Gasteiger partial charge in [0.05, 0.1) is 13.0 Å². The Labute approximate surface area is 169 Å². The lowest BCUT2D eigenvalue weighted by Gasteiger charge is -2.12. The lowest BCUT2D eigenvalue weighted by Crippen LogP contribution is -2.34. The molecule has 0 spiro atoms. The zero-order valence-corrected chi connectivity index (χ0v) is 16.5. The first-order valence-electron chi connectivity index (χ1n) is 8.50. The van der Waals surface area contributed by atoms with Crippen LogP contribution >= 0.6 is 23.8 Å². The maximum absolute atomic E-state index is 11.9. The summed E-state index contributed by atoms with van der Waals surface area (Å²) in [7, 11) is 0. The second kappa shape index (κ2) is 10.6. The van der Waals surface area contributed by atoms with Crippen LogP contribution in [0, 0.1) is 6.92 Å². The smallest absolute Gasteiger partial charge is 0.306 e. The Morgan fingerprint density at radius 1 is 1.11 bits per heavy atom. The van der Waals surface area contributed by atoms with E-state index in [2.05, 4.69) is 10.6 Å². The number of rotatable bonds is 7. The largest absolute Gasteiger partial charge is 0.465 e. The quantitative estimate of drug-likeness (QED) is 0.538. The zero-order valence-electron chi connectivity index (χ0n) is 15.0. The number of esters is 1. The Balaban J connectivity index is 1.66. The first kappa shape index (κ1) is 20.9. The Bertz CT molecular complexity index is 812. The molecule has 2 N–H and O–H groups in total. The molecule has 2 aromatic carbocycles. The number of anilines is 1. The fourth-order valence-electron chi connectivity index (χ4n) is 2.29. The molecule has 1 amide bonds. The third-order valence-electron chi connectivity index (χ3n) is 3.75. The molecule has 0 radical (unpaired) electrons. The molecular formula is C20H21ClN2O3S. The van der Waals surface area contributed by atoms with Gasteiger partial charge < -0.3 is 15.4 Å². The van der Waals surface area contributed by atoms with E-state index in [4.69, 9.17) is 28.6 Å². The number of benzene rings is 2. The third-order valence-corrected chi connectivity index (χ3v) is 4.19. The summed E-state index contributed by atoms with van der Waals surface area (Å²) in [4.78, 5) is 23.7. The number of carbonyl (C=O) groups excluding carboxylic acids is 2. The lowest BCUT2D eigenvalue weighted by molar-refractivity contribution is -0.144. The topological polar surface area (TPSA) is 67.4 Å². The number of thiocarbonyl (C=S) groups is 1. The van der Waals surface area contributed by atoms with E-state index in [1.54, 1.807) is 12.1 Å². The van der Waals surface area contributed by atoms with Gasteiger partial charge in [0.25, 0.3) is 0 Å². The third kappa shape index (κ3) is 7.76. The molecule has 0 aromatic heterocycles. The zero-order chi connectivity index (χ0) is 19.6. The minimum absolute atomic E-state index is 0.000514. The van der Waals surface area contributed by atoms with Crippen molar-refractivity contribution in [2.75, 3.05) is 11.9 Å². The van der Waals surface area contributed by atoms with Crippen LogP contribution in [0.15, 0.2) is 48.5 Å². The van der Waals surface area contributed by atoms with Gasteiger partial charge >= 0.3 is 5.97 Å². The summed E-state index contributed by atoms with van der Waals surface area (Å²) in [6.45, 7) is 2.19. The van der Waals surface area contributed by atoms with E-state index < -0.39 is 5.97 Å². The molecule has 0 aliphatic carbocycles. The summed E-state index contributed by atoms with van der Waals surface area (Å²) in [5.74, 6) is -0.766. The monoisotopic (exact) mass is 404 g/mol. The van der Waals surface area contributed by atoms with Gasteiger partial charge in [-0.25, -0.2) is 0 Å². The normalized spacial score (nSPS) is 10.1. The van der Waals surface area contributed by atoms with Crippen LogP contribution in [0.2, 0.25) is 5.02 Å². The maximum atomic E-state index is 11.9. The molecule has 0 aliphatic heterocycles. The first-order valence-corrected chi connectivity index (χ1v) is 9.29. The number of ether oxygens (including phenoxy) is 1. The van der Waals surface area contributed by atoms with Crippen LogP contribution in [-0.2, 0) is 20.7 Å². The van der Waals surface area contributed by atoms with Crippen molar-refractivity contribution in [3.05, 3.63) is 64.7 Å². The number of hydrogen-bond acceptors (Lipinski definition) is 4. The Morgan fingerprint density at radius 2 is 1.85 bits per heavy atom. The van der Waals surface area contributed by atoms with E-state index in [9.17, 15) is 9.59 Å². The molecule has 5 nitrogen and oxygen atoms in total. The highest BCUT2D eigenvalue weighted by atomic mass is 35.5. The molecule has 0 unspecified atom stereocenters. The molecular weight excluding hydrogens is 384 g/mol. The van der Waals surface area contributed by atoms with Crippen molar-refractivity contribution in [1.29, 1.82) is 0 Å². The number of hydrogen-bond donors (Lipinski definition) is 2. The molecule has 0 bridgehead atoms. The highest BCUT2D eigenvalue weighted by Crippen LogP contribution is 2.19. The van der Waals surface area contributed by atoms with Gasteiger partial charge in [0.2, 0.25) is 5.91 Å². The lowest BCUT2D eigenvalue weighted by atomic mass is 10.2. The molecule has 0 atom stereocenters. The second-order valence-corrected chi connectivity index (χ2v) is 6.76. The molecule has 0 fully saturated rings. The first-order chi connectivity index (χ1) is 12.9. The van der Waals surface area contributed by atoms with E-state index in [-0.39, 0.29) is 23.9 Å². The van der Waals surface area contributed by atoms with Gasteiger partial charge in [-0.1, -0.05) is 48.0 Å². The minimum atomic E-state index is -0.411. The fraction of sp³-hybridized carbons (Fsp3) is 0.250. The van der Waals surface area contributed by atoms with E-state index in [0.29, 0.717) is 23.7 Å². The van der Waals surface area contributed by atoms with Gasteiger partial charge in [0, 0.05) is 23.6 Å². The average Bonchev–Trinajstić information content (AvgIpc) is 2.64. The van der Waals surface area contributed by atoms with Crippen LogP contribution in [0.4, 0.5) is 5.69 Å². The highest BCUT2D eigenvalue weighted by Gasteiger charge is 2.10. The van der Waals surface area contributed by atoms with E-state index >= 15 is 0 Å². The van der Waals surface area contributed by atoms with Gasteiger partial charge in [-0.3, -0.25) is 9.59 Å². The average molecular weight is 405 g/mol. The van der Waals surface area contributed by atoms with Crippen molar-refractivity contribution in [3.8, 4) is 0 Å². The van der Waals surface area contributed by atoms with Gasteiger partial charge in [-0.15, -0.1) is 0 Å². The predicted molar refractivity (Wildman–Crippen MR) is 111 cm³/mol. The predicted octanol–water partition coefficient (Wildman–Crippen LogP) is 4.03. The maximum Gasteiger partial charge on any atom is 0.306 e. The Hall–Kier alpha value is -2.44. The highest BCUT2D eigenvalue weighted by molar-refractivity contribution is 7.80. The molecule has 0 saturated heterocycles. The number of carbonyl (C=O) groups is 2. The molecule has 0 saturated carbocycles. The summed E-state index contributed by atoms with van der Waals surface area (Å²) < 4.78 is 5.14. The molecule has 142 valence electrons. The van der Waals surface area contributed by atoms with Gasteiger partial charge in [-0.2, -0.15) is 0 Å². The van der Waals surface area contributed by atoms with Crippen molar-refractivity contribution in [2.24, 2.45) is 0 Å². The van der Waals surface area contributed by atoms with Crippen LogP contribution in [0.25, 0.3) is 0 Å².